The first-order chi connectivity index (χ1) is 15.6. The summed E-state index contributed by atoms with van der Waals surface area (Å²) in [4.78, 5) is 25.7. The van der Waals surface area contributed by atoms with Gasteiger partial charge in [0.05, 0.1) is 31.4 Å². The lowest BCUT2D eigenvalue weighted by atomic mass is 10.0. The lowest BCUT2D eigenvalue weighted by Gasteiger charge is -2.20. The summed E-state index contributed by atoms with van der Waals surface area (Å²) >= 11 is 0. The van der Waals surface area contributed by atoms with E-state index in [-0.39, 0.29) is 18.2 Å². The smallest absolute Gasteiger partial charge is 0.251 e. The first-order valence-electron chi connectivity index (χ1n) is 10.7. The van der Waals surface area contributed by atoms with Gasteiger partial charge in [-0.05, 0) is 43.7 Å². The highest BCUT2D eigenvalue weighted by atomic mass is 16.5. The topological polar surface area (TPSA) is 76.7 Å². The number of nitrogens with one attached hydrogen (secondary N) is 2. The third kappa shape index (κ3) is 6.35. The minimum absolute atomic E-state index is 0.0625. The highest BCUT2D eigenvalue weighted by molar-refractivity contribution is 5.96. The Balaban J connectivity index is 1.78. The minimum Gasteiger partial charge on any atom is -0.494 e. The van der Waals surface area contributed by atoms with Gasteiger partial charge in [0.15, 0.2) is 0 Å². The molecule has 0 aromatic heterocycles. The summed E-state index contributed by atoms with van der Waals surface area (Å²) in [6.45, 7) is 4.76. The fourth-order valence-electron chi connectivity index (χ4n) is 3.30. The lowest BCUT2D eigenvalue weighted by molar-refractivity contribution is -0.116. The zero-order chi connectivity index (χ0) is 22.8. The Morgan fingerprint density at radius 2 is 1.50 bits per heavy atom. The maximum atomic E-state index is 13.0. The molecule has 6 heteroatoms. The number of ether oxygens (including phenoxy) is 2. The Morgan fingerprint density at radius 3 is 2.16 bits per heavy atom. The molecule has 0 fully saturated rings. The summed E-state index contributed by atoms with van der Waals surface area (Å²) in [6, 6.07) is 23.2. The van der Waals surface area contributed by atoms with Gasteiger partial charge in [-0.1, -0.05) is 48.5 Å². The van der Waals surface area contributed by atoms with Crippen molar-refractivity contribution < 1.29 is 19.1 Å². The third-order valence-corrected chi connectivity index (χ3v) is 4.77. The maximum absolute atomic E-state index is 13.0. The van der Waals surface area contributed by atoms with E-state index < -0.39 is 6.04 Å². The van der Waals surface area contributed by atoms with Gasteiger partial charge in [-0.2, -0.15) is 0 Å². The van der Waals surface area contributed by atoms with E-state index >= 15 is 0 Å². The fraction of sp³-hybridized carbons (Fsp3) is 0.231. The molecule has 1 unspecified atom stereocenters. The molecule has 0 aliphatic carbocycles. The number of rotatable bonds is 10. The highest BCUT2D eigenvalue weighted by Gasteiger charge is 2.20. The number of carbonyl (C=O) groups is 2. The van der Waals surface area contributed by atoms with Gasteiger partial charge in [-0.25, -0.2) is 0 Å². The fourth-order valence-corrected chi connectivity index (χ4v) is 3.30. The Labute approximate surface area is 188 Å². The van der Waals surface area contributed by atoms with Crippen LogP contribution in [0, 0.1) is 0 Å². The van der Waals surface area contributed by atoms with Crippen LogP contribution in [0.1, 0.15) is 42.2 Å². The standard InChI is InChI=1S/C26H28N2O4/c1-3-31-21-15-16-24(32-4-2)23(17-21)27-25(29)18-22(19-11-7-5-8-12-19)28-26(30)20-13-9-6-10-14-20/h5-17,22H,3-4,18H2,1-2H3,(H,27,29)(H,28,30). The maximum Gasteiger partial charge on any atom is 0.251 e. The molecule has 0 bridgehead atoms. The first-order valence-corrected chi connectivity index (χ1v) is 10.7. The van der Waals surface area contributed by atoms with Gasteiger partial charge in [0, 0.05) is 11.6 Å². The summed E-state index contributed by atoms with van der Waals surface area (Å²) < 4.78 is 11.2. The number of anilines is 1. The second kappa shape index (κ2) is 11.6. The normalized spacial score (nSPS) is 11.3. The molecule has 2 N–H and O–H groups in total. The molecular weight excluding hydrogens is 404 g/mol. The lowest BCUT2D eigenvalue weighted by Crippen LogP contribution is -2.31. The minimum atomic E-state index is -0.491. The van der Waals surface area contributed by atoms with Crippen LogP contribution in [0.2, 0.25) is 0 Å². The molecule has 0 spiro atoms. The zero-order valence-corrected chi connectivity index (χ0v) is 18.3. The van der Waals surface area contributed by atoms with Gasteiger partial charge in [-0.3, -0.25) is 9.59 Å². The summed E-state index contributed by atoms with van der Waals surface area (Å²) in [5, 5.41) is 5.89. The van der Waals surface area contributed by atoms with Crippen molar-refractivity contribution in [3.8, 4) is 11.5 Å². The zero-order valence-electron chi connectivity index (χ0n) is 18.3. The number of hydrogen-bond donors (Lipinski definition) is 2. The molecule has 0 aliphatic heterocycles. The van der Waals surface area contributed by atoms with E-state index in [0.29, 0.717) is 36.0 Å². The molecule has 2 amide bonds. The van der Waals surface area contributed by atoms with Crippen LogP contribution in [0.3, 0.4) is 0 Å². The van der Waals surface area contributed by atoms with Crippen LogP contribution in [0.5, 0.6) is 11.5 Å². The van der Waals surface area contributed by atoms with Crippen molar-refractivity contribution in [3.63, 3.8) is 0 Å². The molecule has 0 aliphatic rings. The average Bonchev–Trinajstić information content (AvgIpc) is 2.81. The predicted molar refractivity (Wildman–Crippen MR) is 125 cm³/mol. The molecule has 6 nitrogen and oxygen atoms in total. The first kappa shape index (κ1) is 22.9. The van der Waals surface area contributed by atoms with Crippen molar-refractivity contribution in [3.05, 3.63) is 90.0 Å². The second-order valence-corrected chi connectivity index (χ2v) is 7.08. The van der Waals surface area contributed by atoms with Gasteiger partial charge in [0.1, 0.15) is 11.5 Å². The molecular formula is C26H28N2O4. The van der Waals surface area contributed by atoms with E-state index in [4.69, 9.17) is 9.47 Å². The van der Waals surface area contributed by atoms with Crippen molar-refractivity contribution >= 4 is 17.5 Å². The van der Waals surface area contributed by atoms with E-state index in [1.54, 1.807) is 42.5 Å². The number of amides is 2. The molecule has 3 rings (SSSR count). The molecule has 32 heavy (non-hydrogen) atoms. The van der Waals surface area contributed by atoms with Crippen LogP contribution in [-0.4, -0.2) is 25.0 Å². The van der Waals surface area contributed by atoms with Crippen LogP contribution in [0.15, 0.2) is 78.9 Å². The van der Waals surface area contributed by atoms with E-state index in [1.807, 2.05) is 50.2 Å². The SMILES string of the molecule is CCOc1ccc(OCC)c(NC(=O)CC(NC(=O)c2ccccc2)c2ccccc2)c1. The Hall–Kier alpha value is -3.80. The highest BCUT2D eigenvalue weighted by Crippen LogP contribution is 2.30. The Kier molecular flexibility index (Phi) is 8.26. The van der Waals surface area contributed by atoms with Gasteiger partial charge in [-0.15, -0.1) is 0 Å². The van der Waals surface area contributed by atoms with Crippen LogP contribution >= 0.6 is 0 Å². The molecule has 0 radical (unpaired) electrons. The van der Waals surface area contributed by atoms with E-state index in [0.717, 1.165) is 5.56 Å². The van der Waals surface area contributed by atoms with Gasteiger partial charge >= 0.3 is 0 Å². The predicted octanol–water partition coefficient (Wildman–Crippen LogP) is 4.98. The summed E-state index contributed by atoms with van der Waals surface area (Å²) in [5.74, 6) is 0.722. The monoisotopic (exact) mass is 432 g/mol. The largest absolute Gasteiger partial charge is 0.494 e. The summed E-state index contributed by atoms with van der Waals surface area (Å²) in [6.07, 6.45) is 0.0625. The van der Waals surface area contributed by atoms with E-state index in [2.05, 4.69) is 10.6 Å². The van der Waals surface area contributed by atoms with Crippen molar-refractivity contribution in [1.29, 1.82) is 0 Å². The molecule has 0 heterocycles. The van der Waals surface area contributed by atoms with E-state index in [1.165, 1.54) is 0 Å². The van der Waals surface area contributed by atoms with Crippen molar-refractivity contribution in [2.75, 3.05) is 18.5 Å². The second-order valence-electron chi connectivity index (χ2n) is 7.08. The molecule has 0 saturated carbocycles. The van der Waals surface area contributed by atoms with Crippen LogP contribution in [0.4, 0.5) is 5.69 Å². The molecule has 166 valence electrons. The Morgan fingerprint density at radius 1 is 0.844 bits per heavy atom. The van der Waals surface area contributed by atoms with Crippen molar-refractivity contribution in [1.82, 2.24) is 5.32 Å². The van der Waals surface area contributed by atoms with Crippen molar-refractivity contribution in [2.24, 2.45) is 0 Å². The summed E-state index contributed by atoms with van der Waals surface area (Å²) in [5.41, 5.74) is 1.92. The molecule has 3 aromatic carbocycles. The molecule has 3 aromatic rings. The van der Waals surface area contributed by atoms with Crippen LogP contribution in [-0.2, 0) is 4.79 Å². The third-order valence-electron chi connectivity index (χ3n) is 4.77. The molecule has 0 saturated heterocycles. The molecule has 1 atom stereocenters. The summed E-state index contributed by atoms with van der Waals surface area (Å²) in [7, 11) is 0. The van der Waals surface area contributed by atoms with Gasteiger partial charge < -0.3 is 20.1 Å². The Bertz CT molecular complexity index is 1020. The number of benzene rings is 3. The average molecular weight is 433 g/mol. The van der Waals surface area contributed by atoms with Crippen LogP contribution in [0.25, 0.3) is 0 Å². The van der Waals surface area contributed by atoms with Crippen molar-refractivity contribution in [2.45, 2.75) is 26.3 Å². The van der Waals surface area contributed by atoms with Gasteiger partial charge in [0.2, 0.25) is 5.91 Å². The number of carbonyl (C=O) groups excluding carboxylic acids is 2. The van der Waals surface area contributed by atoms with E-state index in [9.17, 15) is 9.59 Å². The van der Waals surface area contributed by atoms with Crippen LogP contribution < -0.4 is 20.1 Å². The van der Waals surface area contributed by atoms with Gasteiger partial charge in [0.25, 0.3) is 5.91 Å². The number of hydrogen-bond acceptors (Lipinski definition) is 4. The quantitative estimate of drug-likeness (QED) is 0.474.